The molecule has 0 bridgehead atoms. The van der Waals surface area contributed by atoms with E-state index in [4.69, 9.17) is 5.26 Å². The van der Waals surface area contributed by atoms with Gasteiger partial charge in [-0.2, -0.15) is 5.26 Å². The molecule has 1 aromatic carbocycles. The molecule has 0 spiro atoms. The number of carbonyl (C=O) groups excluding carboxylic acids is 1. The van der Waals surface area contributed by atoms with Gasteiger partial charge in [-0.3, -0.25) is 4.79 Å². The Hall–Kier alpha value is -1.82. The van der Waals surface area contributed by atoms with Gasteiger partial charge in [0.25, 0.3) is 0 Å². The maximum Gasteiger partial charge on any atom is 0.323 e. The first-order chi connectivity index (χ1) is 8.08. The number of nitriles is 1. The van der Waals surface area contributed by atoms with Crippen LogP contribution in [0.1, 0.15) is 30.9 Å². The zero-order valence-corrected chi connectivity index (χ0v) is 10.4. The summed E-state index contributed by atoms with van der Waals surface area (Å²) in [7, 11) is 1.30. The number of nitrogens with zero attached hydrogens (tertiary/aromatic N) is 1. The molecule has 1 atom stereocenters. The summed E-state index contributed by atoms with van der Waals surface area (Å²) in [5.41, 5.74) is 2.23. The van der Waals surface area contributed by atoms with Gasteiger partial charge in [-0.05, 0) is 23.5 Å². The van der Waals surface area contributed by atoms with Crippen LogP contribution < -0.4 is 0 Å². The molecule has 0 saturated carbocycles. The van der Waals surface area contributed by atoms with Gasteiger partial charge in [-0.25, -0.2) is 0 Å². The predicted octanol–water partition coefficient (Wildman–Crippen LogP) is 2.67. The van der Waals surface area contributed by atoms with Crippen molar-refractivity contribution in [3.05, 3.63) is 35.4 Å². The summed E-state index contributed by atoms with van der Waals surface area (Å²) in [5.74, 6) is -0.707. The summed E-state index contributed by atoms with van der Waals surface area (Å²) >= 11 is 0. The maximum atomic E-state index is 11.3. The molecule has 90 valence electrons. The SMILES string of the molecule is COC(=O)C(C#N)Cc1ccc(C(C)C)cc1. The smallest absolute Gasteiger partial charge is 0.323 e. The van der Waals surface area contributed by atoms with Gasteiger partial charge in [-0.1, -0.05) is 38.1 Å². The van der Waals surface area contributed by atoms with E-state index in [0.717, 1.165) is 5.56 Å². The van der Waals surface area contributed by atoms with E-state index in [-0.39, 0.29) is 0 Å². The van der Waals surface area contributed by atoms with Crippen molar-refractivity contribution in [2.75, 3.05) is 7.11 Å². The zero-order chi connectivity index (χ0) is 12.8. The van der Waals surface area contributed by atoms with Gasteiger partial charge in [0.05, 0.1) is 13.2 Å². The van der Waals surface area contributed by atoms with Gasteiger partial charge in [-0.15, -0.1) is 0 Å². The number of benzene rings is 1. The van der Waals surface area contributed by atoms with Crippen molar-refractivity contribution in [2.24, 2.45) is 5.92 Å². The minimum absolute atomic E-state index is 0.404. The number of hydrogen-bond donors (Lipinski definition) is 0. The highest BCUT2D eigenvalue weighted by Crippen LogP contribution is 2.16. The number of hydrogen-bond acceptors (Lipinski definition) is 3. The van der Waals surface area contributed by atoms with E-state index in [1.165, 1.54) is 12.7 Å². The molecule has 0 fully saturated rings. The van der Waals surface area contributed by atoms with Gasteiger partial charge in [0.1, 0.15) is 5.92 Å². The van der Waals surface area contributed by atoms with Crippen molar-refractivity contribution in [2.45, 2.75) is 26.2 Å². The predicted molar refractivity (Wildman–Crippen MR) is 65.4 cm³/mol. The van der Waals surface area contributed by atoms with E-state index in [1.54, 1.807) is 0 Å². The molecule has 3 nitrogen and oxygen atoms in total. The van der Waals surface area contributed by atoms with E-state index >= 15 is 0 Å². The van der Waals surface area contributed by atoms with Crippen LogP contribution in [-0.2, 0) is 16.0 Å². The quantitative estimate of drug-likeness (QED) is 0.748. The van der Waals surface area contributed by atoms with E-state index in [1.807, 2.05) is 30.3 Å². The number of carbonyl (C=O) groups is 1. The Balaban J connectivity index is 2.75. The average Bonchev–Trinajstić information content (AvgIpc) is 2.35. The lowest BCUT2D eigenvalue weighted by atomic mass is 9.97. The molecule has 17 heavy (non-hydrogen) atoms. The molecule has 0 aliphatic carbocycles. The third kappa shape index (κ3) is 3.60. The Bertz CT molecular complexity index is 415. The zero-order valence-electron chi connectivity index (χ0n) is 10.4. The third-order valence-electron chi connectivity index (χ3n) is 2.73. The second kappa shape index (κ2) is 6.05. The standard InChI is InChI=1S/C14H17NO2/c1-10(2)12-6-4-11(5-7-12)8-13(9-15)14(16)17-3/h4-7,10,13H,8H2,1-3H3. The van der Waals surface area contributed by atoms with E-state index in [9.17, 15) is 4.79 Å². The van der Waals surface area contributed by atoms with Crippen LogP contribution in [0.3, 0.4) is 0 Å². The first-order valence-corrected chi connectivity index (χ1v) is 5.64. The number of rotatable bonds is 4. The van der Waals surface area contributed by atoms with Crippen LogP contribution >= 0.6 is 0 Å². The molecule has 3 heteroatoms. The molecule has 0 heterocycles. The average molecular weight is 231 g/mol. The number of esters is 1. The summed E-state index contributed by atoms with van der Waals surface area (Å²) in [6, 6.07) is 9.95. The molecule has 1 rings (SSSR count). The Morgan fingerprint density at radius 1 is 1.35 bits per heavy atom. The van der Waals surface area contributed by atoms with Crippen molar-refractivity contribution in [3.63, 3.8) is 0 Å². The van der Waals surface area contributed by atoms with Crippen molar-refractivity contribution >= 4 is 5.97 Å². The Morgan fingerprint density at radius 3 is 2.35 bits per heavy atom. The molecule has 0 amide bonds. The minimum Gasteiger partial charge on any atom is -0.468 e. The second-order valence-corrected chi connectivity index (χ2v) is 4.31. The third-order valence-corrected chi connectivity index (χ3v) is 2.73. The normalized spacial score (nSPS) is 11.9. The fourth-order valence-corrected chi connectivity index (χ4v) is 1.60. The minimum atomic E-state index is -0.718. The topological polar surface area (TPSA) is 50.1 Å². The molecular formula is C14H17NO2. The lowest BCUT2D eigenvalue weighted by Crippen LogP contribution is -2.16. The molecule has 0 aliphatic rings. The summed E-state index contributed by atoms with van der Waals surface area (Å²) in [4.78, 5) is 11.3. The van der Waals surface area contributed by atoms with Crippen LogP contribution in [0.4, 0.5) is 0 Å². The van der Waals surface area contributed by atoms with E-state index in [2.05, 4.69) is 18.6 Å². The first kappa shape index (κ1) is 13.2. The fourth-order valence-electron chi connectivity index (χ4n) is 1.60. The first-order valence-electron chi connectivity index (χ1n) is 5.64. The maximum absolute atomic E-state index is 11.3. The van der Waals surface area contributed by atoms with Crippen molar-refractivity contribution in [1.29, 1.82) is 5.26 Å². The Kier molecular flexibility index (Phi) is 4.71. The van der Waals surface area contributed by atoms with Gasteiger partial charge in [0.15, 0.2) is 0 Å². The molecule has 0 N–H and O–H groups in total. The van der Waals surface area contributed by atoms with Crippen LogP contribution in [0.5, 0.6) is 0 Å². The lowest BCUT2D eigenvalue weighted by molar-refractivity contribution is -0.143. The number of ether oxygens (including phenoxy) is 1. The highest BCUT2D eigenvalue weighted by atomic mass is 16.5. The second-order valence-electron chi connectivity index (χ2n) is 4.31. The van der Waals surface area contributed by atoms with E-state index in [0.29, 0.717) is 12.3 Å². The van der Waals surface area contributed by atoms with E-state index < -0.39 is 11.9 Å². The van der Waals surface area contributed by atoms with Crippen molar-refractivity contribution in [1.82, 2.24) is 0 Å². The van der Waals surface area contributed by atoms with Gasteiger partial charge < -0.3 is 4.74 Å². The molecular weight excluding hydrogens is 214 g/mol. The lowest BCUT2D eigenvalue weighted by Gasteiger charge is -2.09. The summed E-state index contributed by atoms with van der Waals surface area (Å²) < 4.78 is 4.58. The van der Waals surface area contributed by atoms with Crippen LogP contribution in [-0.4, -0.2) is 13.1 Å². The summed E-state index contributed by atoms with van der Waals surface area (Å²) in [6.07, 6.45) is 0.404. The van der Waals surface area contributed by atoms with Gasteiger partial charge >= 0.3 is 5.97 Å². The monoisotopic (exact) mass is 231 g/mol. The van der Waals surface area contributed by atoms with Crippen molar-refractivity contribution < 1.29 is 9.53 Å². The van der Waals surface area contributed by atoms with Crippen LogP contribution in [0.2, 0.25) is 0 Å². The Morgan fingerprint density at radius 2 is 1.94 bits per heavy atom. The van der Waals surface area contributed by atoms with Crippen LogP contribution in [0, 0.1) is 17.2 Å². The molecule has 0 aliphatic heterocycles. The van der Waals surface area contributed by atoms with Crippen LogP contribution in [0.25, 0.3) is 0 Å². The largest absolute Gasteiger partial charge is 0.468 e. The highest BCUT2D eigenvalue weighted by Gasteiger charge is 2.18. The molecule has 0 radical (unpaired) electrons. The molecule has 0 saturated heterocycles. The highest BCUT2D eigenvalue weighted by molar-refractivity contribution is 5.75. The van der Waals surface area contributed by atoms with Crippen molar-refractivity contribution in [3.8, 4) is 6.07 Å². The molecule has 1 unspecified atom stereocenters. The summed E-state index contributed by atoms with van der Waals surface area (Å²) in [6.45, 7) is 4.25. The molecule has 1 aromatic rings. The summed E-state index contributed by atoms with van der Waals surface area (Å²) in [5, 5.41) is 8.88. The van der Waals surface area contributed by atoms with Crippen LogP contribution in [0.15, 0.2) is 24.3 Å². The number of methoxy groups -OCH3 is 1. The van der Waals surface area contributed by atoms with Gasteiger partial charge in [0.2, 0.25) is 0 Å². The van der Waals surface area contributed by atoms with Gasteiger partial charge in [0, 0.05) is 0 Å². The Labute approximate surface area is 102 Å². The fraction of sp³-hybridized carbons (Fsp3) is 0.429. The molecule has 0 aromatic heterocycles.